The number of hydrogen-bond acceptors (Lipinski definition) is 4. The molecule has 6 nitrogen and oxygen atoms in total. The molecule has 1 unspecified atom stereocenters. The Hall–Kier alpha value is -2.08. The number of likely N-dealkylation sites (N-methyl/N-ethyl adjacent to an activating group) is 1. The Morgan fingerprint density at radius 3 is 2.95 bits per heavy atom. The van der Waals surface area contributed by atoms with E-state index in [2.05, 4.69) is 10.6 Å². The summed E-state index contributed by atoms with van der Waals surface area (Å²) in [7, 11) is 1.85. The van der Waals surface area contributed by atoms with Crippen LogP contribution < -0.4 is 20.3 Å². The summed E-state index contributed by atoms with van der Waals surface area (Å²) in [4.78, 5) is 25.4. The maximum atomic E-state index is 11.9. The van der Waals surface area contributed by atoms with E-state index in [4.69, 9.17) is 4.74 Å². The summed E-state index contributed by atoms with van der Waals surface area (Å²) >= 11 is 0. The number of benzene rings is 1. The van der Waals surface area contributed by atoms with Crippen LogP contribution in [0, 0.1) is 0 Å². The number of carbonyl (C=O) groups excluding carboxylic acids is 2. The van der Waals surface area contributed by atoms with Gasteiger partial charge in [-0.2, -0.15) is 0 Å². The second-order valence-corrected chi connectivity index (χ2v) is 5.05. The first-order chi connectivity index (χ1) is 10.1. The molecule has 0 fully saturated rings. The van der Waals surface area contributed by atoms with Crippen LogP contribution in [0.3, 0.4) is 0 Å². The zero-order valence-electron chi connectivity index (χ0n) is 12.4. The largest absolute Gasteiger partial charge is 0.482 e. The number of amides is 2. The third-order valence-corrected chi connectivity index (χ3v) is 3.47. The molecule has 21 heavy (non-hydrogen) atoms. The topological polar surface area (TPSA) is 70.7 Å². The van der Waals surface area contributed by atoms with Crippen LogP contribution in [0.15, 0.2) is 24.3 Å². The molecule has 1 heterocycles. The van der Waals surface area contributed by atoms with Gasteiger partial charge in [0.15, 0.2) is 6.61 Å². The van der Waals surface area contributed by atoms with Crippen LogP contribution in [-0.4, -0.2) is 44.6 Å². The lowest BCUT2D eigenvalue weighted by Crippen LogP contribution is -2.42. The Morgan fingerprint density at radius 2 is 2.19 bits per heavy atom. The van der Waals surface area contributed by atoms with Crippen molar-refractivity contribution in [1.29, 1.82) is 0 Å². The van der Waals surface area contributed by atoms with E-state index < -0.39 is 0 Å². The van der Waals surface area contributed by atoms with E-state index in [-0.39, 0.29) is 30.9 Å². The molecule has 0 bridgehead atoms. The summed E-state index contributed by atoms with van der Waals surface area (Å²) in [6, 6.07) is 7.58. The number of rotatable bonds is 6. The number of hydrogen-bond donors (Lipinski definition) is 2. The number of nitrogens with zero attached hydrogens (tertiary/aromatic N) is 1. The van der Waals surface area contributed by atoms with Gasteiger partial charge >= 0.3 is 0 Å². The molecule has 6 heteroatoms. The normalized spacial score (nSPS) is 15.1. The molecule has 0 aliphatic carbocycles. The first-order valence-corrected chi connectivity index (χ1v) is 7.08. The minimum Gasteiger partial charge on any atom is -0.482 e. The SMILES string of the molecule is CNC(C)CNC(=O)CCN1C(=O)COc2ccccc21. The van der Waals surface area contributed by atoms with Crippen molar-refractivity contribution in [3.05, 3.63) is 24.3 Å². The molecule has 2 amide bonds. The molecule has 1 aromatic carbocycles. The monoisotopic (exact) mass is 291 g/mol. The van der Waals surface area contributed by atoms with E-state index in [1.54, 1.807) is 4.90 Å². The van der Waals surface area contributed by atoms with Gasteiger partial charge in [-0.05, 0) is 26.1 Å². The summed E-state index contributed by atoms with van der Waals surface area (Å²) in [5.41, 5.74) is 0.727. The van der Waals surface area contributed by atoms with Gasteiger partial charge < -0.3 is 20.3 Å². The fraction of sp³-hybridized carbons (Fsp3) is 0.467. The zero-order chi connectivity index (χ0) is 15.2. The molecule has 0 aromatic heterocycles. The lowest BCUT2D eigenvalue weighted by atomic mass is 10.2. The highest BCUT2D eigenvalue weighted by atomic mass is 16.5. The number of ether oxygens (including phenoxy) is 1. The van der Waals surface area contributed by atoms with Gasteiger partial charge in [0.25, 0.3) is 5.91 Å². The maximum absolute atomic E-state index is 11.9. The van der Waals surface area contributed by atoms with Gasteiger partial charge in [0, 0.05) is 25.6 Å². The Labute approximate surface area is 124 Å². The molecule has 0 radical (unpaired) electrons. The van der Waals surface area contributed by atoms with Gasteiger partial charge in [-0.1, -0.05) is 12.1 Å². The van der Waals surface area contributed by atoms with Crippen LogP contribution >= 0.6 is 0 Å². The standard InChI is InChI=1S/C15H21N3O3/c1-11(16-2)9-17-14(19)7-8-18-12-5-3-4-6-13(12)21-10-15(18)20/h3-6,11,16H,7-10H2,1-2H3,(H,17,19). The molecule has 2 rings (SSSR count). The highest BCUT2D eigenvalue weighted by Gasteiger charge is 2.25. The van der Waals surface area contributed by atoms with Gasteiger partial charge in [0.2, 0.25) is 5.91 Å². The molecular formula is C15H21N3O3. The number of para-hydroxylation sites is 2. The van der Waals surface area contributed by atoms with E-state index >= 15 is 0 Å². The van der Waals surface area contributed by atoms with E-state index in [9.17, 15) is 9.59 Å². The molecule has 1 aliphatic rings. The highest BCUT2D eigenvalue weighted by Crippen LogP contribution is 2.31. The average molecular weight is 291 g/mol. The van der Waals surface area contributed by atoms with Gasteiger partial charge in [0.05, 0.1) is 5.69 Å². The number of carbonyl (C=O) groups is 2. The summed E-state index contributed by atoms with van der Waals surface area (Å²) in [5, 5.41) is 5.89. The second-order valence-electron chi connectivity index (χ2n) is 5.05. The molecule has 0 saturated carbocycles. The van der Waals surface area contributed by atoms with Crippen LogP contribution in [-0.2, 0) is 9.59 Å². The van der Waals surface area contributed by atoms with Crippen molar-refractivity contribution in [2.75, 3.05) is 31.6 Å². The number of nitrogens with one attached hydrogen (secondary N) is 2. The van der Waals surface area contributed by atoms with Crippen molar-refractivity contribution < 1.29 is 14.3 Å². The van der Waals surface area contributed by atoms with E-state index in [0.29, 0.717) is 18.8 Å². The predicted molar refractivity (Wildman–Crippen MR) is 80.4 cm³/mol. The van der Waals surface area contributed by atoms with Crippen molar-refractivity contribution >= 4 is 17.5 Å². The van der Waals surface area contributed by atoms with Crippen LogP contribution in [0.2, 0.25) is 0 Å². The minimum atomic E-state index is -0.120. The Morgan fingerprint density at radius 1 is 1.43 bits per heavy atom. The van der Waals surface area contributed by atoms with Gasteiger partial charge in [-0.15, -0.1) is 0 Å². The van der Waals surface area contributed by atoms with Crippen LogP contribution in [0.25, 0.3) is 0 Å². The van der Waals surface area contributed by atoms with Gasteiger partial charge in [-0.25, -0.2) is 0 Å². The molecular weight excluding hydrogens is 270 g/mol. The molecule has 0 saturated heterocycles. The smallest absolute Gasteiger partial charge is 0.265 e. The minimum absolute atomic E-state index is 0.0232. The Bertz CT molecular complexity index is 519. The van der Waals surface area contributed by atoms with E-state index in [0.717, 1.165) is 5.69 Å². The summed E-state index contributed by atoms with van der Waals surface area (Å²) in [6.45, 7) is 2.94. The quantitative estimate of drug-likeness (QED) is 0.802. The number of anilines is 1. The molecule has 1 aliphatic heterocycles. The fourth-order valence-corrected chi connectivity index (χ4v) is 2.07. The molecule has 1 atom stereocenters. The third kappa shape index (κ3) is 3.95. The molecule has 1 aromatic rings. The van der Waals surface area contributed by atoms with Crippen LogP contribution in [0.4, 0.5) is 5.69 Å². The van der Waals surface area contributed by atoms with Crippen molar-refractivity contribution in [1.82, 2.24) is 10.6 Å². The first-order valence-electron chi connectivity index (χ1n) is 7.08. The van der Waals surface area contributed by atoms with Crippen LogP contribution in [0.5, 0.6) is 5.75 Å². The van der Waals surface area contributed by atoms with E-state index in [1.807, 2.05) is 38.2 Å². The maximum Gasteiger partial charge on any atom is 0.265 e. The first kappa shape index (κ1) is 15.3. The summed E-state index contributed by atoms with van der Waals surface area (Å²) in [6.07, 6.45) is 0.274. The molecule has 0 spiro atoms. The Balaban J connectivity index is 1.91. The van der Waals surface area contributed by atoms with Crippen molar-refractivity contribution in [2.24, 2.45) is 0 Å². The molecule has 2 N–H and O–H groups in total. The Kier molecular flexibility index (Phi) is 5.16. The highest BCUT2D eigenvalue weighted by molar-refractivity contribution is 5.98. The number of fused-ring (bicyclic) bond motifs is 1. The van der Waals surface area contributed by atoms with E-state index in [1.165, 1.54) is 0 Å². The lowest BCUT2D eigenvalue weighted by molar-refractivity contribution is -0.122. The summed E-state index contributed by atoms with van der Waals surface area (Å²) < 4.78 is 5.37. The average Bonchev–Trinajstić information content (AvgIpc) is 2.51. The van der Waals surface area contributed by atoms with Crippen molar-refractivity contribution in [2.45, 2.75) is 19.4 Å². The predicted octanol–water partition coefficient (Wildman–Crippen LogP) is 0.526. The molecule has 114 valence electrons. The second kappa shape index (κ2) is 7.08. The fourth-order valence-electron chi connectivity index (χ4n) is 2.07. The van der Waals surface area contributed by atoms with Gasteiger partial charge in [-0.3, -0.25) is 9.59 Å². The zero-order valence-corrected chi connectivity index (χ0v) is 12.4. The summed E-state index contributed by atoms with van der Waals surface area (Å²) in [5.74, 6) is 0.500. The van der Waals surface area contributed by atoms with Gasteiger partial charge in [0.1, 0.15) is 5.75 Å². The van der Waals surface area contributed by atoms with Crippen molar-refractivity contribution in [3.8, 4) is 5.75 Å². The van der Waals surface area contributed by atoms with Crippen LogP contribution in [0.1, 0.15) is 13.3 Å². The van der Waals surface area contributed by atoms with Crippen molar-refractivity contribution in [3.63, 3.8) is 0 Å². The lowest BCUT2D eigenvalue weighted by Gasteiger charge is -2.29. The third-order valence-electron chi connectivity index (χ3n) is 3.47.